The van der Waals surface area contributed by atoms with E-state index in [-0.39, 0.29) is 0 Å². The Hall–Kier alpha value is -0.470. The van der Waals surface area contributed by atoms with Gasteiger partial charge >= 0.3 is 0 Å². The number of rotatable bonds is 0. The lowest BCUT2D eigenvalue weighted by Crippen LogP contribution is -2.27. The second kappa shape index (κ2) is 2.42. The predicted octanol–water partition coefficient (Wildman–Crippen LogP) is 0.935. The molecule has 1 atom stereocenters. The molecule has 1 unspecified atom stereocenters. The molecule has 1 rings (SSSR count). The van der Waals surface area contributed by atoms with Crippen LogP contribution in [-0.4, -0.2) is 11.3 Å². The maximum Gasteiger partial charge on any atom is 0.143 e. The van der Waals surface area contributed by atoms with Gasteiger partial charge in [0.15, 0.2) is 0 Å². The molecule has 1 aliphatic heterocycles. The molecular formula is C6H8ClNO. The van der Waals surface area contributed by atoms with Crippen LogP contribution in [0.4, 0.5) is 0 Å². The van der Waals surface area contributed by atoms with Crippen LogP contribution < -0.4 is 5.32 Å². The average Bonchev–Trinajstić information content (AvgIpc) is 1.80. The minimum atomic E-state index is -0.576. The lowest BCUT2D eigenvalue weighted by molar-refractivity contribution is 0.196. The highest BCUT2D eigenvalue weighted by Gasteiger charge is 2.05. The smallest absolute Gasteiger partial charge is 0.143 e. The molecule has 0 amide bonds. The quantitative estimate of drug-likeness (QED) is 0.532. The van der Waals surface area contributed by atoms with Gasteiger partial charge in [0.05, 0.1) is 5.03 Å². The Bertz CT molecular complexity index is 174. The van der Waals surface area contributed by atoms with Gasteiger partial charge in [0.1, 0.15) is 6.23 Å². The summed E-state index contributed by atoms with van der Waals surface area (Å²) in [6, 6.07) is 0. The second-order valence-electron chi connectivity index (χ2n) is 1.92. The van der Waals surface area contributed by atoms with Crippen LogP contribution in [0.3, 0.4) is 0 Å². The molecule has 0 saturated heterocycles. The van der Waals surface area contributed by atoms with Crippen LogP contribution in [0.1, 0.15) is 6.92 Å². The van der Waals surface area contributed by atoms with Gasteiger partial charge in [-0.05, 0) is 19.1 Å². The first-order valence-electron chi connectivity index (χ1n) is 2.69. The highest BCUT2D eigenvalue weighted by atomic mass is 35.5. The molecule has 3 heteroatoms. The van der Waals surface area contributed by atoms with E-state index in [1.807, 2.05) is 6.92 Å². The monoisotopic (exact) mass is 145 g/mol. The second-order valence-corrected chi connectivity index (χ2v) is 2.33. The van der Waals surface area contributed by atoms with Crippen LogP contribution in [0.5, 0.6) is 0 Å². The minimum absolute atomic E-state index is 0.576. The van der Waals surface area contributed by atoms with E-state index in [9.17, 15) is 0 Å². The Balaban J connectivity index is 2.75. The first-order chi connectivity index (χ1) is 4.20. The van der Waals surface area contributed by atoms with Gasteiger partial charge in [0.25, 0.3) is 0 Å². The highest BCUT2D eigenvalue weighted by Crippen LogP contribution is 2.12. The Morgan fingerprint density at radius 1 is 1.78 bits per heavy atom. The van der Waals surface area contributed by atoms with Gasteiger partial charge in [-0.1, -0.05) is 11.6 Å². The number of nitrogens with one attached hydrogen (secondary N) is 1. The molecule has 50 valence electrons. The minimum Gasteiger partial charge on any atom is -0.370 e. The standard InChI is InChI=1S/C6H8ClNO/c1-4-5(7)2-3-6(9)8-4/h2-3,6,8-9H,1H3. The van der Waals surface area contributed by atoms with E-state index < -0.39 is 6.23 Å². The predicted molar refractivity (Wildman–Crippen MR) is 36.8 cm³/mol. The van der Waals surface area contributed by atoms with Crippen LogP contribution in [-0.2, 0) is 0 Å². The molecule has 0 aromatic rings. The molecule has 0 spiro atoms. The van der Waals surface area contributed by atoms with Gasteiger partial charge in [-0.15, -0.1) is 0 Å². The van der Waals surface area contributed by atoms with Crippen molar-refractivity contribution in [3.05, 3.63) is 22.9 Å². The fourth-order valence-corrected chi connectivity index (χ4v) is 0.767. The van der Waals surface area contributed by atoms with Crippen LogP contribution >= 0.6 is 11.6 Å². The van der Waals surface area contributed by atoms with Crippen molar-refractivity contribution < 1.29 is 5.11 Å². The molecule has 0 fully saturated rings. The third-order valence-electron chi connectivity index (χ3n) is 1.15. The van der Waals surface area contributed by atoms with Crippen LogP contribution in [0.15, 0.2) is 22.9 Å². The molecule has 2 N–H and O–H groups in total. The summed E-state index contributed by atoms with van der Waals surface area (Å²) >= 11 is 5.65. The molecule has 0 aromatic carbocycles. The molecular weight excluding hydrogens is 138 g/mol. The summed E-state index contributed by atoms with van der Waals surface area (Å²) in [5, 5.41) is 12.3. The van der Waals surface area contributed by atoms with Gasteiger partial charge in [-0.3, -0.25) is 0 Å². The number of hydrogen-bond acceptors (Lipinski definition) is 2. The van der Waals surface area contributed by atoms with E-state index in [1.54, 1.807) is 12.2 Å². The van der Waals surface area contributed by atoms with Gasteiger partial charge in [0.2, 0.25) is 0 Å². The zero-order valence-electron chi connectivity index (χ0n) is 5.06. The van der Waals surface area contributed by atoms with E-state index in [4.69, 9.17) is 16.7 Å². The van der Waals surface area contributed by atoms with E-state index in [0.29, 0.717) is 5.03 Å². The van der Waals surface area contributed by atoms with Crippen molar-refractivity contribution in [3.63, 3.8) is 0 Å². The third-order valence-corrected chi connectivity index (χ3v) is 1.56. The summed E-state index contributed by atoms with van der Waals surface area (Å²) < 4.78 is 0. The Labute approximate surface area is 58.8 Å². The first-order valence-corrected chi connectivity index (χ1v) is 3.07. The summed E-state index contributed by atoms with van der Waals surface area (Å²) in [5.74, 6) is 0. The number of halogens is 1. The fraction of sp³-hybridized carbons (Fsp3) is 0.333. The number of aliphatic hydroxyl groups is 1. The molecule has 0 aliphatic carbocycles. The molecule has 0 saturated carbocycles. The molecule has 1 heterocycles. The van der Waals surface area contributed by atoms with Crippen molar-refractivity contribution >= 4 is 11.6 Å². The number of hydrogen-bond donors (Lipinski definition) is 2. The van der Waals surface area contributed by atoms with Crippen LogP contribution in [0, 0.1) is 0 Å². The molecule has 0 radical (unpaired) electrons. The van der Waals surface area contributed by atoms with Crippen molar-refractivity contribution in [1.82, 2.24) is 5.32 Å². The lowest BCUT2D eigenvalue weighted by Gasteiger charge is -2.15. The maximum absolute atomic E-state index is 8.91. The molecule has 9 heavy (non-hydrogen) atoms. The van der Waals surface area contributed by atoms with E-state index in [0.717, 1.165) is 5.70 Å². The summed E-state index contributed by atoms with van der Waals surface area (Å²) in [4.78, 5) is 0. The zero-order valence-corrected chi connectivity index (χ0v) is 5.81. The fourth-order valence-electron chi connectivity index (χ4n) is 0.640. The summed E-state index contributed by atoms with van der Waals surface area (Å²) in [7, 11) is 0. The van der Waals surface area contributed by atoms with Crippen molar-refractivity contribution in [1.29, 1.82) is 0 Å². The number of dihydropyridines is 1. The lowest BCUT2D eigenvalue weighted by atomic mass is 10.3. The normalized spacial score (nSPS) is 26.3. The van der Waals surface area contributed by atoms with E-state index in [1.165, 1.54) is 0 Å². The van der Waals surface area contributed by atoms with Crippen molar-refractivity contribution in [2.24, 2.45) is 0 Å². The van der Waals surface area contributed by atoms with Crippen LogP contribution in [0.2, 0.25) is 0 Å². The summed E-state index contributed by atoms with van der Waals surface area (Å²) in [6.45, 7) is 1.81. The van der Waals surface area contributed by atoms with Crippen molar-refractivity contribution in [3.8, 4) is 0 Å². The van der Waals surface area contributed by atoms with E-state index >= 15 is 0 Å². The topological polar surface area (TPSA) is 32.3 Å². The third kappa shape index (κ3) is 1.47. The Kier molecular flexibility index (Phi) is 1.78. The van der Waals surface area contributed by atoms with Crippen LogP contribution in [0.25, 0.3) is 0 Å². The summed E-state index contributed by atoms with van der Waals surface area (Å²) in [6.07, 6.45) is 2.69. The van der Waals surface area contributed by atoms with Gasteiger partial charge in [-0.2, -0.15) is 0 Å². The zero-order chi connectivity index (χ0) is 6.85. The maximum atomic E-state index is 8.91. The largest absolute Gasteiger partial charge is 0.370 e. The van der Waals surface area contributed by atoms with Gasteiger partial charge < -0.3 is 10.4 Å². The molecule has 1 aliphatic rings. The van der Waals surface area contributed by atoms with Crippen molar-refractivity contribution in [2.75, 3.05) is 0 Å². The number of allylic oxidation sites excluding steroid dienone is 3. The number of aliphatic hydroxyl groups excluding tert-OH is 1. The Morgan fingerprint density at radius 2 is 2.44 bits per heavy atom. The average molecular weight is 146 g/mol. The molecule has 0 bridgehead atoms. The molecule has 0 aromatic heterocycles. The summed E-state index contributed by atoms with van der Waals surface area (Å²) in [5.41, 5.74) is 0.812. The van der Waals surface area contributed by atoms with Crippen molar-refractivity contribution in [2.45, 2.75) is 13.2 Å². The Morgan fingerprint density at radius 3 is 2.89 bits per heavy atom. The highest BCUT2D eigenvalue weighted by molar-refractivity contribution is 6.31. The van der Waals surface area contributed by atoms with Gasteiger partial charge in [-0.25, -0.2) is 0 Å². The SMILES string of the molecule is CC1=C(Cl)C=CC(O)N1. The molecule has 2 nitrogen and oxygen atoms in total. The van der Waals surface area contributed by atoms with Gasteiger partial charge in [0, 0.05) is 5.70 Å². The first kappa shape index (κ1) is 6.65. The van der Waals surface area contributed by atoms with E-state index in [2.05, 4.69) is 5.32 Å².